The Morgan fingerprint density at radius 3 is 2.03 bits per heavy atom. The number of rotatable bonds is 14. The number of carbonyl (C=O) groups is 2. The maximum atomic E-state index is 14.1. The molecule has 0 aliphatic carbocycles. The minimum Gasteiger partial charge on any atom is -0.418 e. The second-order valence-corrected chi connectivity index (χ2v) is 9.62. The summed E-state index contributed by atoms with van der Waals surface area (Å²) in [4.78, 5) is 24.6. The first kappa shape index (κ1) is 30.1. The van der Waals surface area contributed by atoms with Gasteiger partial charge in [0, 0.05) is 37.0 Å². The average molecular weight is 553 g/mol. The molecule has 0 spiro atoms. The van der Waals surface area contributed by atoms with E-state index < -0.39 is 52.8 Å². The van der Waals surface area contributed by atoms with Gasteiger partial charge in [-0.15, -0.1) is 0 Å². The van der Waals surface area contributed by atoms with Gasteiger partial charge in [-0.1, -0.05) is 70.1 Å². The van der Waals surface area contributed by atoms with E-state index >= 15 is 0 Å². The third-order valence-corrected chi connectivity index (χ3v) is 6.58. The van der Waals surface area contributed by atoms with Crippen molar-refractivity contribution in [2.75, 3.05) is 0 Å². The molecule has 1 heterocycles. The molecule has 0 bridgehead atoms. The van der Waals surface area contributed by atoms with Crippen LogP contribution in [0.4, 0.5) is 22.0 Å². The highest BCUT2D eigenvalue weighted by atomic mass is 19.2. The SMILES string of the molecule is CCCCCCCCCCn1cc(CC(NC(C)=O)C(=O)Oc2c(F)c(F)c(F)c(F)c2F)c2ccccc21. The van der Waals surface area contributed by atoms with Gasteiger partial charge in [-0.2, -0.15) is 8.78 Å². The van der Waals surface area contributed by atoms with E-state index in [2.05, 4.69) is 17.0 Å². The fraction of sp³-hybridized carbons (Fsp3) is 0.448. The Morgan fingerprint density at radius 1 is 0.846 bits per heavy atom. The highest BCUT2D eigenvalue weighted by Gasteiger charge is 2.31. The van der Waals surface area contributed by atoms with Crippen molar-refractivity contribution in [1.29, 1.82) is 0 Å². The highest BCUT2D eigenvalue weighted by Crippen LogP contribution is 2.30. The zero-order valence-electron chi connectivity index (χ0n) is 22.1. The van der Waals surface area contributed by atoms with Gasteiger partial charge in [0.15, 0.2) is 0 Å². The van der Waals surface area contributed by atoms with E-state index in [1.165, 1.54) is 32.1 Å². The molecule has 0 saturated heterocycles. The van der Waals surface area contributed by atoms with Crippen LogP contribution in [0, 0.1) is 29.1 Å². The van der Waals surface area contributed by atoms with Gasteiger partial charge in [-0.25, -0.2) is 18.0 Å². The second kappa shape index (κ2) is 14.1. The molecule has 3 aromatic rings. The number of para-hydroxylation sites is 1. The van der Waals surface area contributed by atoms with Gasteiger partial charge in [0.2, 0.25) is 40.7 Å². The van der Waals surface area contributed by atoms with Crippen molar-refractivity contribution in [1.82, 2.24) is 9.88 Å². The first-order valence-electron chi connectivity index (χ1n) is 13.2. The van der Waals surface area contributed by atoms with Crippen LogP contribution in [-0.2, 0) is 22.6 Å². The minimum absolute atomic E-state index is 0.126. The molecular weight excluding hydrogens is 519 g/mol. The number of amides is 1. The van der Waals surface area contributed by atoms with Crippen LogP contribution < -0.4 is 10.1 Å². The molecular formula is C29H33F5N2O3. The topological polar surface area (TPSA) is 60.3 Å². The molecule has 1 aromatic heterocycles. The Balaban J connectivity index is 1.76. The molecule has 0 aliphatic heterocycles. The lowest BCUT2D eigenvalue weighted by Crippen LogP contribution is -2.43. The number of aryl methyl sites for hydroxylation is 1. The lowest BCUT2D eigenvalue weighted by molar-refractivity contribution is -0.139. The molecule has 212 valence electrons. The zero-order chi connectivity index (χ0) is 28.5. The summed E-state index contributed by atoms with van der Waals surface area (Å²) in [7, 11) is 0. The minimum atomic E-state index is -2.37. The van der Waals surface area contributed by atoms with Crippen molar-refractivity contribution in [3.63, 3.8) is 0 Å². The molecule has 0 saturated carbocycles. The van der Waals surface area contributed by atoms with Crippen molar-refractivity contribution < 1.29 is 36.3 Å². The fourth-order valence-corrected chi connectivity index (χ4v) is 4.59. The van der Waals surface area contributed by atoms with E-state index in [0.29, 0.717) is 5.56 Å². The Labute approximate surface area is 224 Å². The fourth-order valence-electron chi connectivity index (χ4n) is 4.59. The first-order valence-corrected chi connectivity index (χ1v) is 13.2. The van der Waals surface area contributed by atoms with E-state index in [4.69, 9.17) is 0 Å². The third-order valence-electron chi connectivity index (χ3n) is 6.58. The van der Waals surface area contributed by atoms with Crippen LogP contribution in [0.1, 0.15) is 70.8 Å². The normalized spacial score (nSPS) is 12.1. The molecule has 5 nitrogen and oxygen atoms in total. The smallest absolute Gasteiger partial charge is 0.334 e. The number of esters is 1. The van der Waals surface area contributed by atoms with Crippen LogP contribution in [0.5, 0.6) is 5.75 Å². The first-order chi connectivity index (χ1) is 18.6. The quantitative estimate of drug-likeness (QED) is 0.0578. The number of benzene rings is 2. The third kappa shape index (κ3) is 7.58. The van der Waals surface area contributed by atoms with Gasteiger partial charge in [-0.3, -0.25) is 4.79 Å². The number of nitrogens with zero attached hydrogens (tertiary/aromatic N) is 1. The van der Waals surface area contributed by atoms with Gasteiger partial charge in [0.05, 0.1) is 0 Å². The number of ether oxygens (including phenoxy) is 1. The maximum absolute atomic E-state index is 14.1. The van der Waals surface area contributed by atoms with Crippen molar-refractivity contribution in [3.05, 3.63) is 65.1 Å². The number of hydrogen-bond donors (Lipinski definition) is 1. The average Bonchev–Trinajstić information content (AvgIpc) is 3.26. The predicted octanol–water partition coefficient (Wildman–Crippen LogP) is 7.13. The van der Waals surface area contributed by atoms with Crippen molar-refractivity contribution >= 4 is 22.8 Å². The molecule has 0 fully saturated rings. The van der Waals surface area contributed by atoms with Gasteiger partial charge in [0.25, 0.3) is 0 Å². The summed E-state index contributed by atoms with van der Waals surface area (Å²) in [5.74, 6) is -15.1. The highest BCUT2D eigenvalue weighted by molar-refractivity contribution is 5.88. The zero-order valence-corrected chi connectivity index (χ0v) is 22.1. The van der Waals surface area contributed by atoms with Gasteiger partial charge in [0.1, 0.15) is 6.04 Å². The van der Waals surface area contributed by atoms with Crippen LogP contribution in [0.25, 0.3) is 10.9 Å². The Kier molecular flexibility index (Phi) is 10.9. The summed E-state index contributed by atoms with van der Waals surface area (Å²) in [6.07, 6.45) is 11.0. The number of aromatic nitrogens is 1. The molecule has 1 atom stereocenters. The predicted molar refractivity (Wildman–Crippen MR) is 138 cm³/mol. The van der Waals surface area contributed by atoms with Crippen LogP contribution in [-0.4, -0.2) is 22.5 Å². The number of nitrogens with one attached hydrogen (secondary N) is 1. The molecule has 1 amide bonds. The molecule has 3 rings (SSSR count). The number of fused-ring (bicyclic) bond motifs is 1. The monoisotopic (exact) mass is 552 g/mol. The summed E-state index contributed by atoms with van der Waals surface area (Å²) in [5.41, 5.74) is 1.56. The Morgan fingerprint density at radius 2 is 1.41 bits per heavy atom. The molecule has 39 heavy (non-hydrogen) atoms. The van der Waals surface area contributed by atoms with Gasteiger partial charge >= 0.3 is 5.97 Å². The molecule has 10 heteroatoms. The standard InChI is InChI=1S/C29H33F5N2O3/c1-3-4-5-6-7-8-9-12-15-36-17-19(20-13-10-11-14-22(20)36)16-21(35-18(2)37)29(38)39-28-26(33)24(31)23(30)25(32)27(28)34/h10-11,13-14,17,21H,3-9,12,15-16H2,1-2H3,(H,35,37). The van der Waals surface area contributed by atoms with Crippen molar-refractivity contribution in [2.45, 2.75) is 84.2 Å². The maximum Gasteiger partial charge on any atom is 0.334 e. The van der Waals surface area contributed by atoms with Crippen LogP contribution >= 0.6 is 0 Å². The lowest BCUT2D eigenvalue weighted by atomic mass is 10.0. The summed E-state index contributed by atoms with van der Waals surface area (Å²) in [6, 6.07) is 6.01. The molecule has 2 aromatic carbocycles. The summed E-state index contributed by atoms with van der Waals surface area (Å²) < 4.78 is 75.4. The summed E-state index contributed by atoms with van der Waals surface area (Å²) in [6.45, 7) is 4.05. The van der Waals surface area contributed by atoms with E-state index in [1.54, 1.807) is 0 Å². The van der Waals surface area contributed by atoms with Crippen LogP contribution in [0.3, 0.4) is 0 Å². The number of hydrogen-bond acceptors (Lipinski definition) is 3. The van der Waals surface area contributed by atoms with E-state index in [0.717, 1.165) is 43.6 Å². The Hall–Kier alpha value is -3.43. The summed E-state index contributed by atoms with van der Waals surface area (Å²) >= 11 is 0. The molecule has 0 aliphatic rings. The van der Waals surface area contributed by atoms with Gasteiger partial charge in [-0.05, 0) is 18.1 Å². The molecule has 1 unspecified atom stereocenters. The van der Waals surface area contributed by atoms with Gasteiger partial charge < -0.3 is 14.6 Å². The van der Waals surface area contributed by atoms with E-state index in [-0.39, 0.29) is 6.42 Å². The largest absolute Gasteiger partial charge is 0.418 e. The second-order valence-electron chi connectivity index (χ2n) is 9.62. The lowest BCUT2D eigenvalue weighted by Gasteiger charge is -2.17. The van der Waals surface area contributed by atoms with E-state index in [9.17, 15) is 31.5 Å². The van der Waals surface area contributed by atoms with Crippen LogP contribution in [0.15, 0.2) is 30.5 Å². The number of carbonyl (C=O) groups excluding carboxylic acids is 2. The number of unbranched alkanes of at least 4 members (excludes halogenated alkanes) is 7. The van der Waals surface area contributed by atoms with Crippen molar-refractivity contribution in [3.8, 4) is 5.75 Å². The molecule has 0 radical (unpaired) electrons. The molecule has 1 N–H and O–H groups in total. The Bertz CT molecular complexity index is 1280. The van der Waals surface area contributed by atoms with Crippen molar-refractivity contribution in [2.24, 2.45) is 0 Å². The summed E-state index contributed by atoms with van der Waals surface area (Å²) in [5, 5.41) is 3.16. The van der Waals surface area contributed by atoms with Crippen LogP contribution in [0.2, 0.25) is 0 Å². The van der Waals surface area contributed by atoms with E-state index in [1.807, 2.05) is 35.0 Å². The number of halogens is 5.